The molecule has 0 atom stereocenters. The molecule has 0 aliphatic heterocycles. The van der Waals surface area contributed by atoms with Gasteiger partial charge in [0, 0.05) is 30.1 Å². The van der Waals surface area contributed by atoms with Gasteiger partial charge in [-0.1, -0.05) is 6.07 Å². The molecule has 0 unspecified atom stereocenters. The van der Waals surface area contributed by atoms with Crippen LogP contribution in [0.15, 0.2) is 36.5 Å². The Balaban J connectivity index is 1.90. The molecule has 122 valence electrons. The van der Waals surface area contributed by atoms with E-state index < -0.39 is 11.9 Å². The lowest BCUT2D eigenvalue weighted by atomic mass is 10.1. The molecule has 24 heavy (non-hydrogen) atoms. The standard InChI is InChI=1S/C15H13FN6O2/c1-21(15(23)24)10-4-5-11(12(16)7-10)9-3-6-13(17-8-9)14-18-20-22(2)19-14/h3-8H,1-2H3,(H,23,24). The highest BCUT2D eigenvalue weighted by Crippen LogP contribution is 2.27. The van der Waals surface area contributed by atoms with Crippen LogP contribution in [0.2, 0.25) is 0 Å². The zero-order chi connectivity index (χ0) is 17.3. The van der Waals surface area contributed by atoms with E-state index in [1.54, 1.807) is 19.2 Å². The summed E-state index contributed by atoms with van der Waals surface area (Å²) in [5, 5.41) is 20.6. The van der Waals surface area contributed by atoms with Crippen LogP contribution in [-0.4, -0.2) is 43.4 Å². The van der Waals surface area contributed by atoms with E-state index in [0.717, 1.165) is 4.90 Å². The van der Waals surface area contributed by atoms with Crippen molar-refractivity contribution in [3.8, 4) is 22.6 Å². The molecule has 1 N–H and O–H groups in total. The highest BCUT2D eigenvalue weighted by molar-refractivity contribution is 5.86. The Labute approximate surface area is 136 Å². The number of aromatic nitrogens is 5. The van der Waals surface area contributed by atoms with E-state index in [-0.39, 0.29) is 5.69 Å². The van der Waals surface area contributed by atoms with Gasteiger partial charge in [0.05, 0.1) is 7.05 Å². The van der Waals surface area contributed by atoms with Crippen LogP contribution in [-0.2, 0) is 7.05 Å². The number of tetrazole rings is 1. The largest absolute Gasteiger partial charge is 0.465 e. The van der Waals surface area contributed by atoms with Crippen LogP contribution in [0.25, 0.3) is 22.6 Å². The first kappa shape index (κ1) is 15.5. The monoisotopic (exact) mass is 328 g/mol. The average Bonchev–Trinajstić information content (AvgIpc) is 3.00. The van der Waals surface area contributed by atoms with Crippen molar-refractivity contribution in [3.63, 3.8) is 0 Å². The Morgan fingerprint density at radius 3 is 2.62 bits per heavy atom. The molecule has 9 heteroatoms. The molecule has 0 saturated carbocycles. The van der Waals surface area contributed by atoms with Gasteiger partial charge in [0.2, 0.25) is 5.82 Å². The highest BCUT2D eigenvalue weighted by atomic mass is 19.1. The van der Waals surface area contributed by atoms with E-state index in [2.05, 4.69) is 20.4 Å². The normalized spacial score (nSPS) is 10.6. The Morgan fingerprint density at radius 1 is 1.29 bits per heavy atom. The summed E-state index contributed by atoms with van der Waals surface area (Å²) < 4.78 is 14.3. The molecule has 0 aliphatic carbocycles. The maximum Gasteiger partial charge on any atom is 0.411 e. The second-order valence-corrected chi connectivity index (χ2v) is 5.04. The third kappa shape index (κ3) is 2.91. The Bertz CT molecular complexity index is 893. The number of carbonyl (C=O) groups is 1. The first-order chi connectivity index (χ1) is 11.5. The van der Waals surface area contributed by atoms with Crippen LogP contribution in [0, 0.1) is 5.82 Å². The molecule has 2 aromatic heterocycles. The average molecular weight is 328 g/mol. The molecule has 3 aromatic rings. The Morgan fingerprint density at radius 2 is 2.08 bits per heavy atom. The molecular weight excluding hydrogens is 315 g/mol. The summed E-state index contributed by atoms with van der Waals surface area (Å²) in [5.41, 5.74) is 1.65. The molecule has 0 aliphatic rings. The van der Waals surface area contributed by atoms with Crippen LogP contribution in [0.1, 0.15) is 0 Å². The summed E-state index contributed by atoms with van der Waals surface area (Å²) in [6.07, 6.45) is 0.342. The van der Waals surface area contributed by atoms with Gasteiger partial charge in [0.1, 0.15) is 11.5 Å². The van der Waals surface area contributed by atoms with Gasteiger partial charge in [-0.3, -0.25) is 9.88 Å². The van der Waals surface area contributed by atoms with E-state index in [9.17, 15) is 9.18 Å². The van der Waals surface area contributed by atoms with Gasteiger partial charge < -0.3 is 5.11 Å². The van der Waals surface area contributed by atoms with Gasteiger partial charge in [-0.2, -0.15) is 4.80 Å². The van der Waals surface area contributed by atoms with Gasteiger partial charge in [-0.15, -0.1) is 10.2 Å². The number of hydrogen-bond acceptors (Lipinski definition) is 5. The number of anilines is 1. The number of rotatable bonds is 3. The number of aryl methyl sites for hydroxylation is 1. The molecule has 1 aromatic carbocycles. The predicted octanol–water partition coefficient (Wildman–Crippen LogP) is 2.19. The number of halogens is 1. The molecule has 0 saturated heterocycles. The Kier molecular flexibility index (Phi) is 3.90. The number of pyridine rings is 1. The van der Waals surface area contributed by atoms with Crippen molar-refractivity contribution in [3.05, 3.63) is 42.3 Å². The zero-order valence-electron chi connectivity index (χ0n) is 12.9. The van der Waals surface area contributed by atoms with Gasteiger partial charge in [0.15, 0.2) is 0 Å². The van der Waals surface area contributed by atoms with E-state index in [1.165, 1.54) is 36.2 Å². The first-order valence-corrected chi connectivity index (χ1v) is 6.92. The van der Waals surface area contributed by atoms with Crippen LogP contribution in [0.5, 0.6) is 0 Å². The summed E-state index contributed by atoms with van der Waals surface area (Å²) in [7, 11) is 3.00. The van der Waals surface area contributed by atoms with Gasteiger partial charge >= 0.3 is 6.09 Å². The quantitative estimate of drug-likeness (QED) is 0.791. The molecular formula is C15H13FN6O2. The fourth-order valence-corrected chi connectivity index (χ4v) is 2.13. The lowest BCUT2D eigenvalue weighted by molar-refractivity contribution is 0.203. The maximum absolute atomic E-state index is 14.3. The number of benzene rings is 1. The van der Waals surface area contributed by atoms with Crippen LogP contribution in [0.3, 0.4) is 0 Å². The minimum absolute atomic E-state index is 0.247. The third-order valence-corrected chi connectivity index (χ3v) is 3.44. The first-order valence-electron chi connectivity index (χ1n) is 6.92. The second kappa shape index (κ2) is 6.03. The predicted molar refractivity (Wildman–Crippen MR) is 83.9 cm³/mol. The minimum atomic E-state index is -1.16. The van der Waals surface area contributed by atoms with Gasteiger partial charge in [0.25, 0.3) is 0 Å². The topological polar surface area (TPSA) is 97.0 Å². The van der Waals surface area contributed by atoms with Crippen LogP contribution in [0.4, 0.5) is 14.9 Å². The summed E-state index contributed by atoms with van der Waals surface area (Å²) in [4.78, 5) is 17.4. The van der Waals surface area contributed by atoms with Crippen molar-refractivity contribution >= 4 is 11.8 Å². The number of hydrogen-bond donors (Lipinski definition) is 1. The van der Waals surface area contributed by atoms with E-state index in [1.807, 2.05) is 0 Å². The molecule has 0 spiro atoms. The highest BCUT2D eigenvalue weighted by Gasteiger charge is 2.13. The van der Waals surface area contributed by atoms with Crippen molar-refractivity contribution in [1.29, 1.82) is 0 Å². The number of nitrogens with zero attached hydrogens (tertiary/aromatic N) is 6. The van der Waals surface area contributed by atoms with E-state index >= 15 is 0 Å². The van der Waals surface area contributed by atoms with Crippen molar-refractivity contribution in [2.75, 3.05) is 11.9 Å². The number of carboxylic acid groups (broad SMARTS) is 1. The van der Waals surface area contributed by atoms with Crippen LogP contribution >= 0.6 is 0 Å². The van der Waals surface area contributed by atoms with E-state index in [4.69, 9.17) is 5.11 Å². The summed E-state index contributed by atoms with van der Waals surface area (Å²) in [6.45, 7) is 0. The molecule has 2 heterocycles. The Hall–Kier alpha value is -3.36. The fraction of sp³-hybridized carbons (Fsp3) is 0.133. The van der Waals surface area contributed by atoms with Crippen molar-refractivity contribution in [1.82, 2.24) is 25.2 Å². The summed E-state index contributed by atoms with van der Waals surface area (Å²) in [5.74, 6) is -0.157. The SMILES string of the molecule is CN(C(=O)O)c1ccc(-c2ccc(-c3nnn(C)n3)nc2)c(F)c1. The van der Waals surface area contributed by atoms with E-state index in [0.29, 0.717) is 22.6 Å². The van der Waals surface area contributed by atoms with Crippen molar-refractivity contribution < 1.29 is 14.3 Å². The molecule has 3 rings (SSSR count). The van der Waals surface area contributed by atoms with Crippen molar-refractivity contribution in [2.24, 2.45) is 7.05 Å². The molecule has 8 nitrogen and oxygen atoms in total. The maximum atomic E-state index is 14.3. The van der Waals surface area contributed by atoms with Crippen LogP contribution < -0.4 is 4.90 Å². The lowest BCUT2D eigenvalue weighted by Crippen LogP contribution is -2.23. The zero-order valence-corrected chi connectivity index (χ0v) is 12.9. The molecule has 0 fully saturated rings. The van der Waals surface area contributed by atoms with Crippen molar-refractivity contribution in [2.45, 2.75) is 0 Å². The molecule has 0 radical (unpaired) electrons. The summed E-state index contributed by atoms with van der Waals surface area (Å²) >= 11 is 0. The smallest absolute Gasteiger partial charge is 0.411 e. The fourth-order valence-electron chi connectivity index (χ4n) is 2.13. The second-order valence-electron chi connectivity index (χ2n) is 5.04. The lowest BCUT2D eigenvalue weighted by Gasteiger charge is -2.14. The molecule has 0 bridgehead atoms. The third-order valence-electron chi connectivity index (χ3n) is 3.44. The minimum Gasteiger partial charge on any atom is -0.465 e. The number of amides is 1. The van der Waals surface area contributed by atoms with Gasteiger partial charge in [-0.05, 0) is 29.5 Å². The summed E-state index contributed by atoms with van der Waals surface area (Å²) in [6, 6.07) is 7.58. The van der Waals surface area contributed by atoms with Gasteiger partial charge in [-0.25, -0.2) is 9.18 Å². The molecule has 1 amide bonds.